The molecule has 2 aliphatic heterocycles. The van der Waals surface area contributed by atoms with Crippen LogP contribution < -0.4 is 0 Å². The first-order valence-corrected chi connectivity index (χ1v) is 13.1. The molecule has 6 rings (SSSR count). The van der Waals surface area contributed by atoms with Gasteiger partial charge >= 0.3 is 0 Å². The highest BCUT2D eigenvalue weighted by molar-refractivity contribution is 5.96. The highest BCUT2D eigenvalue weighted by Gasteiger charge is 2.34. The van der Waals surface area contributed by atoms with Crippen LogP contribution in [0.1, 0.15) is 34.5 Å². The maximum Gasteiger partial charge on any atom is 0.289 e. The fraction of sp³-hybridized carbons (Fsp3) is 0.323. The first-order valence-electron chi connectivity index (χ1n) is 13.1. The molecule has 1 N–H and O–H groups in total. The number of nitrogens with zero attached hydrogens (tertiary/aromatic N) is 2. The lowest BCUT2D eigenvalue weighted by Crippen LogP contribution is -2.42. The molecule has 6 heteroatoms. The molecular formula is C31H32N2O4. The fourth-order valence-corrected chi connectivity index (χ4v) is 5.42. The van der Waals surface area contributed by atoms with Crippen LogP contribution in [0.15, 0.2) is 83.3 Å². The summed E-state index contributed by atoms with van der Waals surface area (Å²) in [6.45, 7) is 4.78. The molecule has 1 amide bonds. The minimum absolute atomic E-state index is 0.107. The third-order valence-electron chi connectivity index (χ3n) is 7.71. The van der Waals surface area contributed by atoms with Gasteiger partial charge in [0, 0.05) is 38.1 Å². The maximum atomic E-state index is 12.8. The van der Waals surface area contributed by atoms with E-state index in [1.165, 1.54) is 16.7 Å². The van der Waals surface area contributed by atoms with Crippen molar-refractivity contribution in [1.82, 2.24) is 9.80 Å². The number of furan rings is 1. The largest absolute Gasteiger partial charge is 0.451 e. The predicted molar refractivity (Wildman–Crippen MR) is 143 cm³/mol. The number of piperidine rings is 1. The number of amides is 1. The molecule has 4 aromatic rings. The van der Waals surface area contributed by atoms with Crippen molar-refractivity contribution in [1.29, 1.82) is 0 Å². The van der Waals surface area contributed by atoms with E-state index in [1.807, 2.05) is 24.3 Å². The maximum absolute atomic E-state index is 12.8. The topological polar surface area (TPSA) is 66.2 Å². The number of ether oxygens (including phenoxy) is 1. The van der Waals surface area contributed by atoms with Gasteiger partial charge in [0.15, 0.2) is 5.76 Å². The van der Waals surface area contributed by atoms with Crippen LogP contribution in [0.3, 0.4) is 0 Å². The fourth-order valence-electron chi connectivity index (χ4n) is 5.42. The molecular weight excluding hydrogens is 464 g/mol. The van der Waals surface area contributed by atoms with Crippen LogP contribution in [-0.4, -0.2) is 60.2 Å². The van der Waals surface area contributed by atoms with Crippen molar-refractivity contribution < 1.29 is 19.1 Å². The Bertz CT molecular complexity index is 1370. The van der Waals surface area contributed by atoms with E-state index >= 15 is 0 Å². The summed E-state index contributed by atoms with van der Waals surface area (Å²) < 4.78 is 11.2. The van der Waals surface area contributed by atoms with E-state index in [4.69, 9.17) is 9.15 Å². The number of rotatable bonds is 5. The van der Waals surface area contributed by atoms with E-state index in [0.29, 0.717) is 50.5 Å². The summed E-state index contributed by atoms with van der Waals surface area (Å²) >= 11 is 0. The van der Waals surface area contributed by atoms with Gasteiger partial charge in [0.1, 0.15) is 5.58 Å². The zero-order valence-corrected chi connectivity index (χ0v) is 20.9. The summed E-state index contributed by atoms with van der Waals surface area (Å²) in [5, 5.41) is 12.4. The minimum atomic E-state index is -0.881. The van der Waals surface area contributed by atoms with Crippen LogP contribution >= 0.6 is 0 Å². The molecule has 2 fully saturated rings. The van der Waals surface area contributed by atoms with Gasteiger partial charge in [0.05, 0.1) is 18.8 Å². The summed E-state index contributed by atoms with van der Waals surface area (Å²) in [6.07, 6.45) is 1.33. The van der Waals surface area contributed by atoms with E-state index in [1.54, 1.807) is 11.0 Å². The van der Waals surface area contributed by atoms with Crippen molar-refractivity contribution in [2.24, 2.45) is 0 Å². The van der Waals surface area contributed by atoms with Crippen molar-refractivity contribution in [3.05, 3.63) is 95.7 Å². The van der Waals surface area contributed by atoms with Gasteiger partial charge in [-0.1, -0.05) is 60.7 Å². The Kier molecular flexibility index (Phi) is 6.55. The predicted octanol–water partition coefficient (Wildman–Crippen LogP) is 5.06. The quantitative estimate of drug-likeness (QED) is 0.419. The lowest BCUT2D eigenvalue weighted by molar-refractivity contribution is -0.0276. The molecule has 0 unspecified atom stereocenters. The van der Waals surface area contributed by atoms with Crippen molar-refractivity contribution in [3.63, 3.8) is 0 Å². The summed E-state index contributed by atoms with van der Waals surface area (Å²) in [5.41, 5.74) is 4.40. The van der Waals surface area contributed by atoms with Gasteiger partial charge in [-0.2, -0.15) is 0 Å². The Balaban J connectivity index is 1.10. The molecule has 0 saturated carbocycles. The number of hydrogen-bond acceptors (Lipinski definition) is 5. The van der Waals surface area contributed by atoms with Crippen LogP contribution in [0.5, 0.6) is 0 Å². The average Bonchev–Trinajstić information content (AvgIpc) is 3.39. The molecule has 37 heavy (non-hydrogen) atoms. The third-order valence-corrected chi connectivity index (χ3v) is 7.71. The van der Waals surface area contributed by atoms with E-state index in [0.717, 1.165) is 30.6 Å². The van der Waals surface area contributed by atoms with E-state index in [9.17, 15) is 9.90 Å². The molecule has 190 valence electrons. The normalized spacial score (nSPS) is 18.2. The SMILES string of the molecule is O=C(c1cc2cc(C3(O)CCN(Cc4ccc(-c5ccccc5)cc4)CC3)ccc2o1)N1CCOCC1. The first kappa shape index (κ1) is 23.9. The Morgan fingerprint density at radius 3 is 2.27 bits per heavy atom. The number of benzene rings is 3. The molecule has 3 aromatic carbocycles. The van der Waals surface area contributed by atoms with Crippen LogP contribution in [0.25, 0.3) is 22.1 Å². The number of likely N-dealkylation sites (tertiary alicyclic amines) is 1. The number of hydrogen-bond donors (Lipinski definition) is 1. The minimum Gasteiger partial charge on any atom is -0.451 e. The van der Waals surface area contributed by atoms with E-state index in [-0.39, 0.29) is 5.91 Å². The second-order valence-electron chi connectivity index (χ2n) is 10.1. The van der Waals surface area contributed by atoms with Gasteiger partial charge in [-0.15, -0.1) is 0 Å². The molecule has 2 saturated heterocycles. The molecule has 6 nitrogen and oxygen atoms in total. The van der Waals surface area contributed by atoms with Crippen molar-refractivity contribution >= 4 is 16.9 Å². The molecule has 2 aliphatic rings. The zero-order valence-electron chi connectivity index (χ0n) is 20.9. The first-order chi connectivity index (χ1) is 18.1. The van der Waals surface area contributed by atoms with Gasteiger partial charge in [-0.3, -0.25) is 9.69 Å². The summed E-state index contributed by atoms with van der Waals surface area (Å²) in [4.78, 5) is 17.0. The number of fused-ring (bicyclic) bond motifs is 1. The van der Waals surface area contributed by atoms with Gasteiger partial charge in [0.2, 0.25) is 0 Å². The monoisotopic (exact) mass is 496 g/mol. The van der Waals surface area contributed by atoms with Crippen LogP contribution in [-0.2, 0) is 16.9 Å². The van der Waals surface area contributed by atoms with Crippen LogP contribution in [0.4, 0.5) is 0 Å². The summed E-state index contributed by atoms with van der Waals surface area (Å²) in [5.74, 6) is 0.235. The highest BCUT2D eigenvalue weighted by Crippen LogP contribution is 2.35. The van der Waals surface area contributed by atoms with Crippen molar-refractivity contribution in [2.45, 2.75) is 25.0 Å². The standard InChI is InChI=1S/C31H32N2O4/c34-30(33-16-18-36-19-17-33)29-21-26-20-27(10-11-28(26)37-29)31(35)12-14-32(15-13-31)22-23-6-8-25(9-7-23)24-4-2-1-3-5-24/h1-11,20-21,35H,12-19,22H2. The molecule has 0 bridgehead atoms. The Morgan fingerprint density at radius 2 is 1.54 bits per heavy atom. The van der Waals surface area contributed by atoms with E-state index in [2.05, 4.69) is 53.4 Å². The number of aliphatic hydroxyl groups is 1. The second kappa shape index (κ2) is 10.1. The van der Waals surface area contributed by atoms with Gasteiger partial charge in [-0.05, 0) is 53.3 Å². The Morgan fingerprint density at radius 1 is 0.838 bits per heavy atom. The number of carbonyl (C=O) groups is 1. The van der Waals surface area contributed by atoms with E-state index < -0.39 is 5.60 Å². The molecule has 1 aromatic heterocycles. The molecule has 0 radical (unpaired) electrons. The highest BCUT2D eigenvalue weighted by atomic mass is 16.5. The van der Waals surface area contributed by atoms with Gasteiger partial charge in [0.25, 0.3) is 5.91 Å². The van der Waals surface area contributed by atoms with Gasteiger partial charge < -0.3 is 19.2 Å². The second-order valence-corrected chi connectivity index (χ2v) is 10.1. The van der Waals surface area contributed by atoms with Gasteiger partial charge in [-0.25, -0.2) is 0 Å². The van der Waals surface area contributed by atoms with Crippen molar-refractivity contribution in [3.8, 4) is 11.1 Å². The lowest BCUT2D eigenvalue weighted by Gasteiger charge is -2.38. The molecule has 3 heterocycles. The van der Waals surface area contributed by atoms with Crippen LogP contribution in [0, 0.1) is 0 Å². The molecule has 0 atom stereocenters. The smallest absolute Gasteiger partial charge is 0.289 e. The Labute approximate surface area is 217 Å². The number of carbonyl (C=O) groups excluding carboxylic acids is 1. The molecule has 0 spiro atoms. The lowest BCUT2D eigenvalue weighted by atomic mass is 9.84. The average molecular weight is 497 g/mol. The molecule has 0 aliphatic carbocycles. The van der Waals surface area contributed by atoms with Crippen molar-refractivity contribution in [2.75, 3.05) is 39.4 Å². The summed E-state index contributed by atoms with van der Waals surface area (Å²) in [6, 6.07) is 26.8. The zero-order chi connectivity index (χ0) is 25.2. The third kappa shape index (κ3) is 5.05. The number of morpholine rings is 1. The Hall–Kier alpha value is -3.45. The van der Waals surface area contributed by atoms with Crippen LogP contribution in [0.2, 0.25) is 0 Å². The summed E-state index contributed by atoms with van der Waals surface area (Å²) in [7, 11) is 0.